The number of hydrogen-bond acceptors (Lipinski definition) is 11. The number of fused-ring (bicyclic) bond motifs is 2. The minimum absolute atomic E-state index is 0.0938. The molecule has 2 unspecified atom stereocenters. The van der Waals surface area contributed by atoms with E-state index in [0.717, 1.165) is 6.07 Å². The van der Waals surface area contributed by atoms with Crippen molar-refractivity contribution in [3.05, 3.63) is 66.1 Å². The van der Waals surface area contributed by atoms with Crippen molar-refractivity contribution in [3.8, 4) is 5.88 Å². The molecule has 0 spiro atoms. The molecule has 1 fully saturated rings. The third kappa shape index (κ3) is 4.25. The van der Waals surface area contributed by atoms with Crippen LogP contribution in [0.25, 0.3) is 11.0 Å². The predicted molar refractivity (Wildman–Crippen MR) is 142 cm³/mol. The summed E-state index contributed by atoms with van der Waals surface area (Å²) in [6, 6.07) is 4.30. The number of methoxy groups -OCH3 is 1. The van der Waals surface area contributed by atoms with Gasteiger partial charge in [0.2, 0.25) is 11.8 Å². The van der Waals surface area contributed by atoms with Crippen molar-refractivity contribution in [2.45, 2.75) is 30.7 Å². The highest BCUT2D eigenvalue weighted by atomic mass is 32.2. The van der Waals surface area contributed by atoms with Crippen molar-refractivity contribution in [1.82, 2.24) is 19.9 Å². The topological polar surface area (TPSA) is 134 Å². The van der Waals surface area contributed by atoms with Crippen LogP contribution in [0.2, 0.25) is 0 Å². The Morgan fingerprint density at radius 1 is 1.21 bits per heavy atom. The number of oxazole rings is 1. The van der Waals surface area contributed by atoms with Gasteiger partial charge in [0.25, 0.3) is 0 Å². The first-order valence-corrected chi connectivity index (χ1v) is 13.0. The molecule has 1 aliphatic carbocycles. The minimum Gasteiger partial charge on any atom is -0.467 e. The Kier molecular flexibility index (Phi) is 6.14. The number of nitrogens with one attached hydrogen (secondary N) is 1. The molecule has 3 N–H and O–H groups in total. The fourth-order valence-electron chi connectivity index (χ4n) is 5.65. The van der Waals surface area contributed by atoms with Crippen molar-refractivity contribution in [3.63, 3.8) is 0 Å². The van der Waals surface area contributed by atoms with Gasteiger partial charge < -0.3 is 24.9 Å². The number of amidine groups is 1. The van der Waals surface area contributed by atoms with Crippen LogP contribution in [0.15, 0.2) is 52.5 Å². The number of pyridine rings is 1. The molecule has 0 amide bonds. The Hall–Kier alpha value is -3.84. The lowest BCUT2D eigenvalue weighted by Gasteiger charge is -2.34. The maximum atomic E-state index is 15.4. The summed E-state index contributed by atoms with van der Waals surface area (Å²) in [5, 5.41) is 3.39. The Morgan fingerprint density at radius 3 is 2.82 bits per heavy atom. The van der Waals surface area contributed by atoms with Crippen LogP contribution in [-0.4, -0.2) is 43.6 Å². The highest BCUT2D eigenvalue weighted by Crippen LogP contribution is 2.69. The second-order valence-electron chi connectivity index (χ2n) is 9.75. The minimum atomic E-state index is -1.09. The Balaban J connectivity index is 1.32. The summed E-state index contributed by atoms with van der Waals surface area (Å²) in [6.45, 7) is 4.37. The number of anilines is 2. The van der Waals surface area contributed by atoms with E-state index in [1.807, 2.05) is 0 Å². The monoisotopic (exact) mass is 553 g/mol. The van der Waals surface area contributed by atoms with Crippen LogP contribution in [0.3, 0.4) is 0 Å². The van der Waals surface area contributed by atoms with Gasteiger partial charge in [-0.05, 0) is 25.0 Å². The van der Waals surface area contributed by atoms with Gasteiger partial charge in [-0.2, -0.15) is 0 Å². The molecule has 4 aromatic rings. The van der Waals surface area contributed by atoms with Gasteiger partial charge in [-0.25, -0.2) is 28.7 Å². The highest BCUT2D eigenvalue weighted by Gasteiger charge is 2.72. The molecule has 0 saturated heterocycles. The number of aromatic nitrogens is 4. The van der Waals surface area contributed by atoms with Crippen molar-refractivity contribution in [1.29, 1.82) is 0 Å². The number of nitrogens with zero attached hydrogens (tertiary/aromatic N) is 5. The summed E-state index contributed by atoms with van der Waals surface area (Å²) in [4.78, 5) is 21.9. The maximum absolute atomic E-state index is 15.4. The van der Waals surface area contributed by atoms with Gasteiger partial charge in [0.05, 0.1) is 34.8 Å². The molecule has 4 heterocycles. The molecule has 1 saturated carbocycles. The van der Waals surface area contributed by atoms with Gasteiger partial charge in [0.1, 0.15) is 11.8 Å². The Labute approximate surface area is 226 Å². The van der Waals surface area contributed by atoms with E-state index in [9.17, 15) is 0 Å². The number of halogens is 2. The third-order valence-corrected chi connectivity index (χ3v) is 8.83. The largest absolute Gasteiger partial charge is 0.467 e. The second-order valence-corrected chi connectivity index (χ2v) is 11.1. The summed E-state index contributed by atoms with van der Waals surface area (Å²) in [5.74, 6) is -0.951. The van der Waals surface area contributed by atoms with Crippen molar-refractivity contribution >= 4 is 39.5 Å². The molecule has 6 rings (SSSR count). The number of ether oxygens (including phenoxy) is 2. The molecule has 13 heteroatoms. The molecule has 4 atom stereocenters. The van der Waals surface area contributed by atoms with Crippen molar-refractivity contribution < 1.29 is 22.7 Å². The SMILES string of the molecule is COC[C@@]12SC(N)=N[C@](C)(c3cc(Nc4nccc5nc(OCc6ncco6)cnc45)cc(F)c3F)C1C2C. The smallest absolute Gasteiger partial charge is 0.233 e. The quantitative estimate of drug-likeness (QED) is 0.320. The molecule has 2 aliphatic rings. The van der Waals surface area contributed by atoms with Gasteiger partial charge >= 0.3 is 0 Å². The van der Waals surface area contributed by atoms with Gasteiger partial charge in [-0.1, -0.05) is 18.7 Å². The molecular weight excluding hydrogens is 528 g/mol. The molecule has 1 aromatic carbocycles. The summed E-state index contributed by atoms with van der Waals surface area (Å²) in [5.41, 5.74) is 6.42. The van der Waals surface area contributed by atoms with Crippen LogP contribution in [0, 0.1) is 23.5 Å². The zero-order valence-electron chi connectivity index (χ0n) is 21.3. The zero-order valence-corrected chi connectivity index (χ0v) is 22.1. The molecular formula is C26H25F2N7O3S. The summed E-state index contributed by atoms with van der Waals surface area (Å²) in [7, 11) is 1.62. The second kappa shape index (κ2) is 9.42. The summed E-state index contributed by atoms with van der Waals surface area (Å²) in [6.07, 6.45) is 5.95. The van der Waals surface area contributed by atoms with E-state index in [-0.39, 0.29) is 40.3 Å². The van der Waals surface area contributed by atoms with E-state index in [1.54, 1.807) is 26.2 Å². The van der Waals surface area contributed by atoms with Gasteiger partial charge in [0, 0.05) is 36.5 Å². The van der Waals surface area contributed by atoms with E-state index in [1.165, 1.54) is 36.6 Å². The van der Waals surface area contributed by atoms with Gasteiger partial charge in [-0.3, -0.25) is 4.99 Å². The molecule has 0 radical (unpaired) electrons. The first kappa shape index (κ1) is 25.4. The normalized spacial score (nSPS) is 25.7. The lowest BCUT2D eigenvalue weighted by Crippen LogP contribution is -2.37. The lowest BCUT2D eigenvalue weighted by atomic mass is 9.84. The average Bonchev–Trinajstić information content (AvgIpc) is 3.23. The van der Waals surface area contributed by atoms with Crippen molar-refractivity contribution in [2.24, 2.45) is 22.6 Å². The fourth-order valence-corrected chi connectivity index (χ4v) is 7.27. The van der Waals surface area contributed by atoms with Crippen molar-refractivity contribution in [2.75, 3.05) is 19.0 Å². The number of thioether (sulfide) groups is 1. The first-order valence-electron chi connectivity index (χ1n) is 12.2. The van der Waals surface area contributed by atoms with Crippen LogP contribution < -0.4 is 15.8 Å². The van der Waals surface area contributed by atoms with E-state index in [4.69, 9.17) is 19.6 Å². The molecule has 1 aliphatic heterocycles. The van der Waals surface area contributed by atoms with Crippen LogP contribution in [0.1, 0.15) is 25.3 Å². The predicted octanol–water partition coefficient (Wildman–Crippen LogP) is 4.54. The summed E-state index contributed by atoms with van der Waals surface area (Å²) >= 11 is 1.44. The van der Waals surface area contributed by atoms with Gasteiger partial charge in [0.15, 0.2) is 29.2 Å². The van der Waals surface area contributed by atoms with Crippen LogP contribution in [0.4, 0.5) is 20.3 Å². The molecule has 10 nitrogen and oxygen atoms in total. The van der Waals surface area contributed by atoms with Crippen LogP contribution in [0.5, 0.6) is 5.88 Å². The summed E-state index contributed by atoms with van der Waals surface area (Å²) < 4.78 is 46.3. The van der Waals surface area contributed by atoms with Gasteiger partial charge in [-0.15, -0.1) is 0 Å². The number of nitrogens with two attached hydrogens (primary N) is 1. The molecule has 39 heavy (non-hydrogen) atoms. The average molecular weight is 554 g/mol. The number of benzene rings is 1. The Bertz CT molecular complexity index is 1590. The van der Waals surface area contributed by atoms with Crippen LogP contribution in [-0.2, 0) is 16.9 Å². The number of rotatable bonds is 8. The third-order valence-electron chi connectivity index (χ3n) is 7.40. The lowest BCUT2D eigenvalue weighted by molar-refractivity contribution is 0.183. The first-order chi connectivity index (χ1) is 18.7. The molecule has 202 valence electrons. The van der Waals surface area contributed by atoms with E-state index in [0.29, 0.717) is 34.5 Å². The molecule has 3 aromatic heterocycles. The fraction of sp³-hybridized carbons (Fsp3) is 0.346. The zero-order chi connectivity index (χ0) is 27.4. The highest BCUT2D eigenvalue weighted by molar-refractivity contribution is 8.15. The number of aliphatic imine (C=N–C) groups is 1. The maximum Gasteiger partial charge on any atom is 0.233 e. The Morgan fingerprint density at radius 2 is 2.05 bits per heavy atom. The van der Waals surface area contributed by atoms with E-state index >= 15 is 8.78 Å². The van der Waals surface area contributed by atoms with E-state index < -0.39 is 17.2 Å². The standard InChI is InChI=1S/C26H25F2N7O3S/c1-13-22-25(2,35-24(29)39-26(13,22)12-36-3)15-8-14(9-16(27)20(15)28)33-23-21-17(4-5-31-23)34-18(10-32-21)38-11-19-30-6-7-37-19/h4-10,13,22H,11-12H2,1-3H3,(H2,29,35)(H,31,33)/t13?,22?,25-,26+/m1/s1. The molecule has 0 bridgehead atoms. The number of hydrogen-bond donors (Lipinski definition) is 2. The van der Waals surface area contributed by atoms with Crippen LogP contribution >= 0.6 is 11.8 Å². The van der Waals surface area contributed by atoms with E-state index in [2.05, 4.69) is 37.2 Å².